The van der Waals surface area contributed by atoms with Crippen molar-refractivity contribution in [1.82, 2.24) is 5.32 Å². The fraction of sp³-hybridized carbons (Fsp3) is 0.235. The van der Waals surface area contributed by atoms with Crippen molar-refractivity contribution in [2.75, 3.05) is 6.54 Å². The van der Waals surface area contributed by atoms with Crippen molar-refractivity contribution < 1.29 is 4.79 Å². The first-order valence-electron chi connectivity index (χ1n) is 6.40. The molecule has 0 saturated carbocycles. The van der Waals surface area contributed by atoms with Gasteiger partial charge in [0.2, 0.25) is 5.91 Å². The van der Waals surface area contributed by atoms with Crippen LogP contribution >= 0.6 is 0 Å². The molecule has 19 heavy (non-hydrogen) atoms. The van der Waals surface area contributed by atoms with Crippen LogP contribution in [0.3, 0.4) is 0 Å². The third-order valence-corrected chi connectivity index (χ3v) is 2.97. The summed E-state index contributed by atoms with van der Waals surface area (Å²) < 4.78 is 0. The first-order chi connectivity index (χ1) is 9.18. The molecule has 1 amide bonds. The van der Waals surface area contributed by atoms with Gasteiger partial charge in [0.25, 0.3) is 0 Å². The monoisotopic (exact) mass is 251 g/mol. The second-order valence-corrected chi connectivity index (χ2v) is 4.51. The number of benzene rings is 2. The van der Waals surface area contributed by atoms with Crippen LogP contribution in [0.4, 0.5) is 0 Å². The van der Waals surface area contributed by atoms with Gasteiger partial charge in [-0.1, -0.05) is 48.2 Å². The molecule has 0 atom stereocenters. The summed E-state index contributed by atoms with van der Waals surface area (Å²) in [6.07, 6.45) is 0.669. The molecule has 0 saturated heterocycles. The molecule has 0 aliphatic heterocycles. The van der Waals surface area contributed by atoms with Gasteiger partial charge in [0.1, 0.15) is 0 Å². The zero-order valence-corrected chi connectivity index (χ0v) is 11.3. The van der Waals surface area contributed by atoms with Crippen LogP contribution in [0, 0.1) is 18.8 Å². The largest absolute Gasteiger partial charge is 0.355 e. The lowest BCUT2D eigenvalue weighted by Gasteiger charge is -2.04. The summed E-state index contributed by atoms with van der Waals surface area (Å²) in [5.41, 5.74) is 2.27. The van der Waals surface area contributed by atoms with Gasteiger partial charge in [-0.15, -0.1) is 0 Å². The van der Waals surface area contributed by atoms with Crippen molar-refractivity contribution in [3.8, 4) is 11.8 Å². The lowest BCUT2D eigenvalue weighted by atomic mass is 10.00. The number of aryl methyl sites for hydroxylation is 1. The van der Waals surface area contributed by atoms with E-state index in [4.69, 9.17) is 0 Å². The molecule has 0 fully saturated rings. The van der Waals surface area contributed by atoms with E-state index in [-0.39, 0.29) is 5.91 Å². The second-order valence-electron chi connectivity index (χ2n) is 4.51. The molecule has 0 radical (unpaired) electrons. The topological polar surface area (TPSA) is 29.1 Å². The van der Waals surface area contributed by atoms with Crippen molar-refractivity contribution in [2.24, 2.45) is 0 Å². The highest BCUT2D eigenvalue weighted by molar-refractivity contribution is 5.89. The molecule has 0 heterocycles. The maximum atomic E-state index is 10.7. The minimum Gasteiger partial charge on any atom is -0.355 e. The summed E-state index contributed by atoms with van der Waals surface area (Å²) in [6, 6.07) is 12.5. The molecule has 0 aliphatic rings. The van der Waals surface area contributed by atoms with E-state index in [9.17, 15) is 4.79 Å². The van der Waals surface area contributed by atoms with Gasteiger partial charge in [-0.25, -0.2) is 0 Å². The molecule has 2 aromatic carbocycles. The molecule has 0 unspecified atom stereocenters. The van der Waals surface area contributed by atoms with Gasteiger partial charge in [0.05, 0.1) is 0 Å². The number of hydrogen-bond acceptors (Lipinski definition) is 1. The van der Waals surface area contributed by atoms with Gasteiger partial charge >= 0.3 is 0 Å². The van der Waals surface area contributed by atoms with E-state index >= 15 is 0 Å². The van der Waals surface area contributed by atoms with E-state index in [1.54, 1.807) is 0 Å². The maximum Gasteiger partial charge on any atom is 0.216 e. The Morgan fingerprint density at radius 3 is 2.79 bits per heavy atom. The zero-order chi connectivity index (χ0) is 13.7. The van der Waals surface area contributed by atoms with Crippen LogP contribution in [0.2, 0.25) is 0 Å². The fourth-order valence-electron chi connectivity index (χ4n) is 2.00. The molecular formula is C17H17NO. The summed E-state index contributed by atoms with van der Waals surface area (Å²) in [4.78, 5) is 10.7. The van der Waals surface area contributed by atoms with E-state index in [0.717, 1.165) is 5.56 Å². The standard InChI is InChI=1S/C17H17NO/c1-13-10-11-15-7-3-4-9-17(15)16(13)8-5-6-12-18-14(2)19/h3-4,7,9-11H,6,12H2,1-2H3,(H,18,19). The molecule has 2 rings (SSSR count). The average molecular weight is 251 g/mol. The summed E-state index contributed by atoms with van der Waals surface area (Å²) >= 11 is 0. The van der Waals surface area contributed by atoms with Gasteiger partial charge in [-0.05, 0) is 23.3 Å². The van der Waals surface area contributed by atoms with E-state index in [2.05, 4.69) is 48.3 Å². The molecule has 0 spiro atoms. The van der Waals surface area contributed by atoms with Crippen LogP contribution in [0.15, 0.2) is 36.4 Å². The summed E-state index contributed by atoms with van der Waals surface area (Å²) in [6.45, 7) is 4.19. The minimum absolute atomic E-state index is 0.0110. The van der Waals surface area contributed by atoms with Crippen LogP contribution in [-0.4, -0.2) is 12.5 Å². The molecule has 2 nitrogen and oxygen atoms in total. The SMILES string of the molecule is CC(=O)NCCC#Cc1c(C)ccc2ccccc12. The summed E-state index contributed by atoms with van der Waals surface area (Å²) in [7, 11) is 0. The number of hydrogen-bond donors (Lipinski definition) is 1. The van der Waals surface area contributed by atoms with Crippen molar-refractivity contribution in [2.45, 2.75) is 20.3 Å². The Labute approximate surface area is 113 Å². The van der Waals surface area contributed by atoms with Crippen molar-refractivity contribution >= 4 is 16.7 Å². The number of nitrogens with one attached hydrogen (secondary N) is 1. The molecule has 0 bridgehead atoms. The average Bonchev–Trinajstić information content (AvgIpc) is 2.40. The highest BCUT2D eigenvalue weighted by Gasteiger charge is 2.00. The third kappa shape index (κ3) is 3.35. The summed E-state index contributed by atoms with van der Waals surface area (Å²) in [5.74, 6) is 6.34. The smallest absolute Gasteiger partial charge is 0.216 e. The van der Waals surface area contributed by atoms with Crippen LogP contribution in [0.1, 0.15) is 24.5 Å². The maximum absolute atomic E-state index is 10.7. The van der Waals surface area contributed by atoms with Gasteiger partial charge in [0.15, 0.2) is 0 Å². The second kappa shape index (κ2) is 6.06. The minimum atomic E-state index is -0.0110. The van der Waals surface area contributed by atoms with E-state index in [1.165, 1.54) is 23.3 Å². The quantitative estimate of drug-likeness (QED) is 0.645. The van der Waals surface area contributed by atoms with Crippen LogP contribution in [0.5, 0.6) is 0 Å². The number of amides is 1. The third-order valence-electron chi connectivity index (χ3n) is 2.97. The normalized spacial score (nSPS) is 9.79. The number of rotatable bonds is 2. The Bertz CT molecular complexity index is 662. The Morgan fingerprint density at radius 1 is 1.21 bits per heavy atom. The first-order valence-corrected chi connectivity index (χ1v) is 6.40. The number of carbonyl (C=O) groups excluding carboxylic acids is 1. The number of carbonyl (C=O) groups is 1. The van der Waals surface area contributed by atoms with E-state index < -0.39 is 0 Å². The molecule has 1 N–H and O–H groups in total. The molecular weight excluding hydrogens is 234 g/mol. The van der Waals surface area contributed by atoms with Crippen molar-refractivity contribution in [1.29, 1.82) is 0 Å². The van der Waals surface area contributed by atoms with Crippen LogP contribution < -0.4 is 5.32 Å². The lowest BCUT2D eigenvalue weighted by molar-refractivity contribution is -0.118. The van der Waals surface area contributed by atoms with Gasteiger partial charge < -0.3 is 5.32 Å². The lowest BCUT2D eigenvalue weighted by Crippen LogP contribution is -2.20. The fourth-order valence-corrected chi connectivity index (χ4v) is 2.00. The Hall–Kier alpha value is -2.27. The van der Waals surface area contributed by atoms with Crippen molar-refractivity contribution in [3.05, 3.63) is 47.5 Å². The molecule has 2 aromatic rings. The van der Waals surface area contributed by atoms with Gasteiger partial charge in [-0.3, -0.25) is 4.79 Å². The van der Waals surface area contributed by atoms with Gasteiger partial charge in [-0.2, -0.15) is 0 Å². The molecule has 2 heteroatoms. The molecule has 0 aromatic heterocycles. The number of fused-ring (bicyclic) bond motifs is 1. The predicted octanol–water partition coefficient (Wildman–Crippen LogP) is 3.03. The molecule has 96 valence electrons. The highest BCUT2D eigenvalue weighted by atomic mass is 16.1. The summed E-state index contributed by atoms with van der Waals surface area (Å²) in [5, 5.41) is 5.14. The Kier molecular flexibility index (Phi) is 4.20. The van der Waals surface area contributed by atoms with Crippen LogP contribution in [0.25, 0.3) is 10.8 Å². The van der Waals surface area contributed by atoms with Gasteiger partial charge in [0, 0.05) is 25.5 Å². The van der Waals surface area contributed by atoms with Crippen molar-refractivity contribution in [3.63, 3.8) is 0 Å². The van der Waals surface area contributed by atoms with E-state index in [0.29, 0.717) is 13.0 Å². The Balaban J connectivity index is 2.22. The zero-order valence-electron chi connectivity index (χ0n) is 11.3. The van der Waals surface area contributed by atoms with Crippen LogP contribution in [-0.2, 0) is 4.79 Å². The first kappa shape index (κ1) is 13.2. The highest BCUT2D eigenvalue weighted by Crippen LogP contribution is 2.21. The van der Waals surface area contributed by atoms with E-state index in [1.807, 2.05) is 12.1 Å². The Morgan fingerprint density at radius 2 is 2.00 bits per heavy atom. The predicted molar refractivity (Wildman–Crippen MR) is 78.9 cm³/mol. The molecule has 0 aliphatic carbocycles.